The molecule has 0 aliphatic carbocycles. The van der Waals surface area contributed by atoms with E-state index in [2.05, 4.69) is 73.2 Å². The van der Waals surface area contributed by atoms with E-state index in [9.17, 15) is 4.79 Å². The number of amides is 1. The van der Waals surface area contributed by atoms with Crippen LogP contribution >= 0.6 is 15.9 Å². The molecule has 4 nitrogen and oxygen atoms in total. The summed E-state index contributed by atoms with van der Waals surface area (Å²) in [6.45, 7) is 11.2. The van der Waals surface area contributed by atoms with Crippen molar-refractivity contribution in [3.05, 3.63) is 70.2 Å². The molecule has 0 aliphatic heterocycles. The Morgan fingerprint density at radius 1 is 1.03 bits per heavy atom. The standard InChI is InChI=1S/C25H31BrN2O2/c1-24(2,3)18-25(4,5)20-11-13-22(14-12-20)30-17-23(29)28-27-16-21(26)15-19-9-7-6-8-10-19/h6-16H,17-18H2,1-5H3,(H,28,29). The van der Waals surface area contributed by atoms with Gasteiger partial charge in [0.05, 0.1) is 6.21 Å². The summed E-state index contributed by atoms with van der Waals surface area (Å²) in [5, 5.41) is 3.94. The highest BCUT2D eigenvalue weighted by atomic mass is 79.9. The predicted octanol–water partition coefficient (Wildman–Crippen LogP) is 6.32. The lowest BCUT2D eigenvalue weighted by Crippen LogP contribution is -2.25. The first-order valence-electron chi connectivity index (χ1n) is 10.0. The summed E-state index contributed by atoms with van der Waals surface area (Å²) in [6, 6.07) is 17.8. The first-order valence-corrected chi connectivity index (χ1v) is 10.8. The monoisotopic (exact) mass is 470 g/mol. The molecule has 160 valence electrons. The number of nitrogens with one attached hydrogen (secondary N) is 1. The Balaban J connectivity index is 1.82. The number of halogens is 1. The van der Waals surface area contributed by atoms with E-state index in [1.165, 1.54) is 11.8 Å². The van der Waals surface area contributed by atoms with Crippen LogP contribution in [0.2, 0.25) is 0 Å². The quantitative estimate of drug-likeness (QED) is 0.362. The van der Waals surface area contributed by atoms with Crippen LogP contribution in [0.25, 0.3) is 6.08 Å². The summed E-state index contributed by atoms with van der Waals surface area (Å²) in [6.07, 6.45) is 4.53. The number of hydrogen-bond acceptors (Lipinski definition) is 3. The van der Waals surface area contributed by atoms with E-state index in [0.29, 0.717) is 5.75 Å². The lowest BCUT2D eigenvalue weighted by atomic mass is 9.72. The second-order valence-electron chi connectivity index (χ2n) is 9.17. The SMILES string of the molecule is CC(C)(C)CC(C)(C)c1ccc(OCC(=O)NN=CC(Br)=Cc2ccccc2)cc1. The van der Waals surface area contributed by atoms with Crippen molar-refractivity contribution >= 4 is 34.1 Å². The number of ether oxygens (including phenoxy) is 1. The summed E-state index contributed by atoms with van der Waals surface area (Å²) < 4.78 is 6.33. The molecular formula is C25H31BrN2O2. The summed E-state index contributed by atoms with van der Waals surface area (Å²) in [4.78, 5) is 12.0. The summed E-state index contributed by atoms with van der Waals surface area (Å²) in [7, 11) is 0. The molecule has 2 rings (SSSR count). The number of benzene rings is 2. The zero-order valence-electron chi connectivity index (χ0n) is 18.4. The maximum absolute atomic E-state index is 12.0. The Hall–Kier alpha value is -2.40. The maximum atomic E-state index is 12.0. The Kier molecular flexibility index (Phi) is 8.42. The number of hydrogen-bond donors (Lipinski definition) is 1. The normalized spacial score (nSPS) is 12.8. The van der Waals surface area contributed by atoms with Crippen LogP contribution in [0.4, 0.5) is 0 Å². The largest absolute Gasteiger partial charge is 0.484 e. The van der Waals surface area contributed by atoms with Crippen LogP contribution in [-0.4, -0.2) is 18.7 Å². The lowest BCUT2D eigenvalue weighted by Gasteiger charge is -2.33. The van der Waals surface area contributed by atoms with Crippen molar-refractivity contribution in [1.82, 2.24) is 5.43 Å². The van der Waals surface area contributed by atoms with Gasteiger partial charge in [0, 0.05) is 4.48 Å². The van der Waals surface area contributed by atoms with Crippen molar-refractivity contribution in [3.8, 4) is 5.75 Å². The number of carbonyl (C=O) groups is 1. The molecule has 0 fully saturated rings. The third-order valence-electron chi connectivity index (χ3n) is 4.46. The van der Waals surface area contributed by atoms with E-state index in [1.54, 1.807) is 0 Å². The van der Waals surface area contributed by atoms with Crippen LogP contribution in [0.5, 0.6) is 5.75 Å². The van der Waals surface area contributed by atoms with Gasteiger partial charge in [-0.15, -0.1) is 0 Å². The molecule has 0 unspecified atom stereocenters. The highest BCUT2D eigenvalue weighted by Gasteiger charge is 2.27. The fraction of sp³-hybridized carbons (Fsp3) is 0.360. The van der Waals surface area contributed by atoms with Crippen LogP contribution in [0, 0.1) is 5.41 Å². The van der Waals surface area contributed by atoms with Gasteiger partial charge in [-0.05, 0) is 62.5 Å². The van der Waals surface area contributed by atoms with Crippen LogP contribution in [0.1, 0.15) is 52.2 Å². The van der Waals surface area contributed by atoms with Gasteiger partial charge in [0.2, 0.25) is 0 Å². The topological polar surface area (TPSA) is 50.7 Å². The van der Waals surface area contributed by atoms with Gasteiger partial charge in [0.1, 0.15) is 5.75 Å². The van der Waals surface area contributed by atoms with Crippen molar-refractivity contribution < 1.29 is 9.53 Å². The molecule has 1 N–H and O–H groups in total. The highest BCUT2D eigenvalue weighted by molar-refractivity contribution is 9.12. The molecule has 0 atom stereocenters. The van der Waals surface area contributed by atoms with Gasteiger partial charge in [-0.2, -0.15) is 5.10 Å². The molecule has 0 aliphatic rings. The Morgan fingerprint density at radius 3 is 2.27 bits per heavy atom. The second-order valence-corrected chi connectivity index (χ2v) is 10.1. The molecule has 2 aromatic rings. The predicted molar refractivity (Wildman–Crippen MR) is 129 cm³/mol. The zero-order valence-corrected chi connectivity index (χ0v) is 20.0. The van der Waals surface area contributed by atoms with E-state index >= 15 is 0 Å². The lowest BCUT2D eigenvalue weighted by molar-refractivity contribution is -0.123. The van der Waals surface area contributed by atoms with E-state index < -0.39 is 0 Å². The molecule has 0 heterocycles. The van der Waals surface area contributed by atoms with E-state index in [-0.39, 0.29) is 23.3 Å². The van der Waals surface area contributed by atoms with E-state index in [4.69, 9.17) is 4.74 Å². The van der Waals surface area contributed by atoms with Gasteiger partial charge < -0.3 is 4.74 Å². The first kappa shape index (κ1) is 23.9. The molecule has 0 bridgehead atoms. The van der Waals surface area contributed by atoms with Crippen molar-refractivity contribution in [2.75, 3.05) is 6.61 Å². The van der Waals surface area contributed by atoms with Crippen LogP contribution in [-0.2, 0) is 10.2 Å². The maximum Gasteiger partial charge on any atom is 0.277 e. The molecule has 0 aromatic heterocycles. The van der Waals surface area contributed by atoms with Gasteiger partial charge in [-0.25, -0.2) is 5.43 Å². The van der Waals surface area contributed by atoms with E-state index in [1.807, 2.05) is 48.5 Å². The average Bonchev–Trinajstić information content (AvgIpc) is 2.65. The minimum atomic E-state index is -0.316. The fourth-order valence-corrected chi connectivity index (χ4v) is 3.89. The summed E-state index contributed by atoms with van der Waals surface area (Å²) in [5.74, 6) is 0.345. The number of rotatable bonds is 8. The highest BCUT2D eigenvalue weighted by Crippen LogP contribution is 2.36. The van der Waals surface area contributed by atoms with Gasteiger partial charge in [-0.3, -0.25) is 4.79 Å². The Morgan fingerprint density at radius 2 is 1.67 bits per heavy atom. The van der Waals surface area contributed by atoms with Crippen LogP contribution in [0.15, 0.2) is 64.2 Å². The van der Waals surface area contributed by atoms with Crippen molar-refractivity contribution in [3.63, 3.8) is 0 Å². The van der Waals surface area contributed by atoms with Gasteiger partial charge in [0.25, 0.3) is 5.91 Å². The fourth-order valence-electron chi connectivity index (χ4n) is 3.52. The van der Waals surface area contributed by atoms with Crippen LogP contribution < -0.4 is 10.2 Å². The molecule has 0 radical (unpaired) electrons. The number of nitrogens with zero attached hydrogens (tertiary/aromatic N) is 1. The Labute approximate surface area is 188 Å². The van der Waals surface area contributed by atoms with Crippen LogP contribution in [0.3, 0.4) is 0 Å². The third-order valence-corrected chi connectivity index (χ3v) is 4.89. The van der Waals surface area contributed by atoms with Crippen molar-refractivity contribution in [2.45, 2.75) is 46.5 Å². The number of allylic oxidation sites excluding steroid dienone is 1. The molecule has 1 amide bonds. The number of hydrazone groups is 1. The molecule has 5 heteroatoms. The first-order chi connectivity index (χ1) is 14.0. The number of carbonyl (C=O) groups excluding carboxylic acids is 1. The minimum Gasteiger partial charge on any atom is -0.484 e. The molecule has 2 aromatic carbocycles. The summed E-state index contributed by atoms with van der Waals surface area (Å²) in [5.41, 5.74) is 5.09. The smallest absolute Gasteiger partial charge is 0.277 e. The van der Waals surface area contributed by atoms with Gasteiger partial charge in [-0.1, -0.05) is 77.1 Å². The molecule has 0 saturated carbocycles. The van der Waals surface area contributed by atoms with Gasteiger partial charge in [0.15, 0.2) is 6.61 Å². The van der Waals surface area contributed by atoms with Crippen molar-refractivity contribution in [1.29, 1.82) is 0 Å². The molecule has 0 spiro atoms. The Bertz CT molecular complexity index is 880. The second kappa shape index (κ2) is 10.6. The molecule has 0 saturated heterocycles. The zero-order chi connectivity index (χ0) is 22.2. The van der Waals surface area contributed by atoms with Gasteiger partial charge >= 0.3 is 0 Å². The van der Waals surface area contributed by atoms with Crippen molar-refractivity contribution in [2.24, 2.45) is 10.5 Å². The minimum absolute atomic E-state index is 0.0729. The molecule has 30 heavy (non-hydrogen) atoms. The summed E-state index contributed by atoms with van der Waals surface area (Å²) >= 11 is 3.41. The average molecular weight is 471 g/mol. The third kappa shape index (κ3) is 8.54. The molecular weight excluding hydrogens is 440 g/mol. The van der Waals surface area contributed by atoms with E-state index in [0.717, 1.165) is 16.5 Å².